The van der Waals surface area contributed by atoms with Gasteiger partial charge in [0.1, 0.15) is 0 Å². The minimum Gasteiger partial charge on any atom is -0.337 e. The number of nitrogens with one attached hydrogen (secondary N) is 1. The van der Waals surface area contributed by atoms with E-state index >= 15 is 0 Å². The first kappa shape index (κ1) is 20.1. The number of rotatable bonds is 7. The Kier molecular flexibility index (Phi) is 6.12. The van der Waals surface area contributed by atoms with Crippen LogP contribution < -0.4 is 5.32 Å². The van der Waals surface area contributed by atoms with E-state index in [9.17, 15) is 4.79 Å². The Hall–Kier alpha value is -3.14. The number of amides is 1. The second-order valence-corrected chi connectivity index (χ2v) is 7.87. The van der Waals surface area contributed by atoms with Crippen LogP contribution in [0.3, 0.4) is 0 Å². The molecule has 1 aliphatic rings. The molecule has 0 radical (unpaired) electrons. The number of nitrogens with zero attached hydrogens (tertiary/aromatic N) is 4. The summed E-state index contributed by atoms with van der Waals surface area (Å²) in [6, 6.07) is 17.1. The number of hydrogen-bond acceptors (Lipinski definition) is 4. The van der Waals surface area contributed by atoms with Crippen molar-refractivity contribution in [3.8, 4) is 6.07 Å². The minimum absolute atomic E-state index is 0.119. The first-order valence-corrected chi connectivity index (χ1v) is 10.2. The van der Waals surface area contributed by atoms with Crippen molar-refractivity contribution in [2.75, 3.05) is 6.54 Å². The van der Waals surface area contributed by atoms with Gasteiger partial charge < -0.3 is 14.8 Å². The van der Waals surface area contributed by atoms with Crippen molar-refractivity contribution in [1.29, 1.82) is 5.26 Å². The van der Waals surface area contributed by atoms with E-state index in [4.69, 9.17) is 16.9 Å². The van der Waals surface area contributed by atoms with Crippen LogP contribution in [0, 0.1) is 11.3 Å². The van der Waals surface area contributed by atoms with Gasteiger partial charge in [-0.25, -0.2) is 4.98 Å². The molecule has 3 aromatic rings. The molecule has 1 atom stereocenters. The fourth-order valence-electron chi connectivity index (χ4n) is 3.69. The van der Waals surface area contributed by atoms with Crippen molar-refractivity contribution in [2.45, 2.75) is 32.1 Å². The average molecular weight is 420 g/mol. The van der Waals surface area contributed by atoms with Gasteiger partial charge in [-0.15, -0.1) is 0 Å². The van der Waals surface area contributed by atoms with Gasteiger partial charge in [-0.3, -0.25) is 4.79 Å². The van der Waals surface area contributed by atoms with Crippen LogP contribution in [0.2, 0.25) is 5.02 Å². The van der Waals surface area contributed by atoms with Crippen molar-refractivity contribution in [3.05, 3.63) is 88.5 Å². The lowest BCUT2D eigenvalue weighted by atomic mass is 10.1. The van der Waals surface area contributed by atoms with Gasteiger partial charge in [0.25, 0.3) is 0 Å². The summed E-state index contributed by atoms with van der Waals surface area (Å²) in [5.41, 5.74) is 3.80. The first-order valence-electron chi connectivity index (χ1n) is 9.87. The van der Waals surface area contributed by atoms with Crippen LogP contribution in [0.4, 0.5) is 0 Å². The zero-order chi connectivity index (χ0) is 20.9. The molecule has 4 rings (SSSR count). The Morgan fingerprint density at radius 1 is 1.17 bits per heavy atom. The molecular weight excluding hydrogens is 398 g/mol. The van der Waals surface area contributed by atoms with Gasteiger partial charge in [0.2, 0.25) is 5.91 Å². The number of hydrogen-bond donors (Lipinski definition) is 1. The van der Waals surface area contributed by atoms with Gasteiger partial charge in [0, 0.05) is 37.4 Å². The summed E-state index contributed by atoms with van der Waals surface area (Å²) < 4.78 is 2.05. The SMILES string of the molecule is N#Cc1ccc(Cn2cncc2CN[C@@H]2CCN(Cc3cccc(Cl)c3)C2=O)cc1. The summed E-state index contributed by atoms with van der Waals surface area (Å²) >= 11 is 6.05. The molecule has 1 amide bonds. The molecule has 152 valence electrons. The molecule has 1 saturated heterocycles. The Morgan fingerprint density at radius 3 is 2.77 bits per heavy atom. The molecular formula is C23H22ClN5O. The molecule has 6 nitrogen and oxygen atoms in total. The zero-order valence-electron chi connectivity index (χ0n) is 16.5. The second-order valence-electron chi connectivity index (χ2n) is 7.43. The van der Waals surface area contributed by atoms with E-state index in [0.29, 0.717) is 30.2 Å². The summed E-state index contributed by atoms with van der Waals surface area (Å²) in [7, 11) is 0. The van der Waals surface area contributed by atoms with Gasteiger partial charge in [-0.2, -0.15) is 5.26 Å². The zero-order valence-corrected chi connectivity index (χ0v) is 17.2. The quantitative estimate of drug-likeness (QED) is 0.637. The maximum absolute atomic E-state index is 12.8. The van der Waals surface area contributed by atoms with Gasteiger partial charge in [0.05, 0.1) is 29.7 Å². The van der Waals surface area contributed by atoms with Crippen LogP contribution in [-0.2, 0) is 24.4 Å². The molecule has 2 heterocycles. The van der Waals surface area contributed by atoms with Crippen LogP contribution in [0.5, 0.6) is 0 Å². The van der Waals surface area contributed by atoms with E-state index in [2.05, 4.69) is 20.9 Å². The third-order valence-corrected chi connectivity index (χ3v) is 5.56. The van der Waals surface area contributed by atoms with Crippen molar-refractivity contribution in [2.24, 2.45) is 0 Å². The Labute approximate surface area is 180 Å². The third kappa shape index (κ3) is 4.70. The number of carbonyl (C=O) groups excluding carboxylic acids is 1. The summed E-state index contributed by atoms with van der Waals surface area (Å²) in [6.45, 7) is 2.54. The normalized spacial score (nSPS) is 16.1. The number of benzene rings is 2. The summed E-state index contributed by atoms with van der Waals surface area (Å²) in [5, 5.41) is 13.0. The largest absolute Gasteiger partial charge is 0.337 e. The molecule has 0 saturated carbocycles. The fraction of sp³-hybridized carbons (Fsp3) is 0.261. The molecule has 1 N–H and O–H groups in total. The van der Waals surface area contributed by atoms with Crippen LogP contribution in [0.25, 0.3) is 0 Å². The Morgan fingerprint density at radius 2 is 2.00 bits per heavy atom. The highest BCUT2D eigenvalue weighted by Gasteiger charge is 2.31. The van der Waals surface area contributed by atoms with Crippen molar-refractivity contribution < 1.29 is 4.79 Å². The summed E-state index contributed by atoms with van der Waals surface area (Å²) in [5.74, 6) is 0.119. The highest BCUT2D eigenvalue weighted by molar-refractivity contribution is 6.30. The van der Waals surface area contributed by atoms with Gasteiger partial charge in [0.15, 0.2) is 0 Å². The summed E-state index contributed by atoms with van der Waals surface area (Å²) in [6.07, 6.45) is 4.39. The molecule has 0 aliphatic carbocycles. The molecule has 2 aromatic carbocycles. The molecule has 30 heavy (non-hydrogen) atoms. The van der Waals surface area contributed by atoms with Gasteiger partial charge >= 0.3 is 0 Å². The second kappa shape index (κ2) is 9.12. The molecule has 0 unspecified atom stereocenters. The monoisotopic (exact) mass is 419 g/mol. The van der Waals surface area contributed by atoms with Crippen LogP contribution in [0.15, 0.2) is 61.1 Å². The predicted molar refractivity (Wildman–Crippen MR) is 115 cm³/mol. The maximum Gasteiger partial charge on any atom is 0.240 e. The smallest absolute Gasteiger partial charge is 0.240 e. The molecule has 7 heteroatoms. The summed E-state index contributed by atoms with van der Waals surface area (Å²) in [4.78, 5) is 18.9. The minimum atomic E-state index is -0.192. The average Bonchev–Trinajstić information content (AvgIpc) is 3.33. The lowest BCUT2D eigenvalue weighted by Crippen LogP contribution is -2.38. The Bertz CT molecular complexity index is 1070. The number of imidazole rings is 1. The Balaban J connectivity index is 1.33. The standard InChI is InChI=1S/C23H22ClN5O/c24-20-3-1-2-19(10-20)15-28-9-8-22(23(28)30)27-13-21-12-26-16-29(21)14-18-6-4-17(11-25)5-7-18/h1-7,10,12,16,22,27H,8-9,13-15H2/t22-/m1/s1. The molecule has 0 bridgehead atoms. The van der Waals surface area contributed by atoms with E-state index < -0.39 is 0 Å². The highest BCUT2D eigenvalue weighted by Crippen LogP contribution is 2.18. The predicted octanol–water partition coefficient (Wildman–Crippen LogP) is 3.35. The lowest BCUT2D eigenvalue weighted by Gasteiger charge is -2.18. The van der Waals surface area contributed by atoms with Crippen LogP contribution in [0.1, 0.15) is 28.8 Å². The third-order valence-electron chi connectivity index (χ3n) is 5.32. The topological polar surface area (TPSA) is 74.0 Å². The molecule has 1 aliphatic heterocycles. The van der Waals surface area contributed by atoms with Gasteiger partial charge in [-0.1, -0.05) is 35.9 Å². The van der Waals surface area contributed by atoms with Crippen LogP contribution in [-0.4, -0.2) is 32.9 Å². The molecule has 1 aromatic heterocycles. The van der Waals surface area contributed by atoms with Gasteiger partial charge in [-0.05, 0) is 41.8 Å². The van der Waals surface area contributed by atoms with E-state index in [1.807, 2.05) is 59.6 Å². The molecule has 1 fully saturated rings. The number of aromatic nitrogens is 2. The fourth-order valence-corrected chi connectivity index (χ4v) is 3.90. The maximum atomic E-state index is 12.8. The lowest BCUT2D eigenvalue weighted by molar-refractivity contribution is -0.129. The number of carbonyl (C=O) groups is 1. The molecule has 0 spiro atoms. The van der Waals surface area contributed by atoms with Crippen molar-refractivity contribution in [3.63, 3.8) is 0 Å². The number of halogens is 1. The van der Waals surface area contributed by atoms with E-state index in [1.54, 1.807) is 6.33 Å². The van der Waals surface area contributed by atoms with Crippen molar-refractivity contribution in [1.82, 2.24) is 19.8 Å². The van der Waals surface area contributed by atoms with E-state index in [-0.39, 0.29) is 11.9 Å². The van der Waals surface area contributed by atoms with E-state index in [1.165, 1.54) is 0 Å². The number of nitriles is 1. The van der Waals surface area contributed by atoms with E-state index in [0.717, 1.165) is 29.8 Å². The van der Waals surface area contributed by atoms with Crippen LogP contribution >= 0.6 is 11.6 Å². The first-order chi connectivity index (χ1) is 14.6. The highest BCUT2D eigenvalue weighted by atomic mass is 35.5. The van der Waals surface area contributed by atoms with Crippen molar-refractivity contribution >= 4 is 17.5 Å². The number of likely N-dealkylation sites (tertiary alicyclic amines) is 1.